The summed E-state index contributed by atoms with van der Waals surface area (Å²) >= 11 is 0. The van der Waals surface area contributed by atoms with E-state index in [1.54, 1.807) is 4.68 Å². The molecule has 0 atom stereocenters. The fourth-order valence-corrected chi connectivity index (χ4v) is 3.53. The van der Waals surface area contributed by atoms with E-state index in [4.69, 9.17) is 10.5 Å². The number of nitrogens with two attached hydrogens (primary N) is 1. The Bertz CT molecular complexity index is 782. The van der Waals surface area contributed by atoms with E-state index in [1.807, 2.05) is 32.9 Å². The van der Waals surface area contributed by atoms with Crippen LogP contribution in [0.1, 0.15) is 35.9 Å². The highest BCUT2D eigenvalue weighted by Gasteiger charge is 2.22. The number of benzene rings is 1. The van der Waals surface area contributed by atoms with Crippen LogP contribution in [0.15, 0.2) is 18.2 Å². The van der Waals surface area contributed by atoms with Gasteiger partial charge >= 0.3 is 5.97 Å². The van der Waals surface area contributed by atoms with E-state index in [2.05, 4.69) is 16.1 Å². The van der Waals surface area contributed by atoms with Crippen LogP contribution in [0.25, 0.3) is 0 Å². The number of carbonyl (C=O) groups excluding carboxylic acids is 1. The fourth-order valence-electron chi connectivity index (χ4n) is 3.53. The second-order valence-corrected chi connectivity index (χ2v) is 6.48. The van der Waals surface area contributed by atoms with Gasteiger partial charge in [-0.15, -0.1) is 0 Å². The average Bonchev–Trinajstić information content (AvgIpc) is 2.83. The van der Waals surface area contributed by atoms with Gasteiger partial charge in [-0.3, -0.25) is 9.48 Å². The minimum Gasteiger partial charge on any atom is -0.465 e. The summed E-state index contributed by atoms with van der Waals surface area (Å²) in [5.74, 6) is -0.254. The van der Waals surface area contributed by atoms with Crippen molar-refractivity contribution in [3.8, 4) is 0 Å². The highest BCUT2D eigenvalue weighted by Crippen LogP contribution is 2.33. The molecule has 0 aliphatic carbocycles. The third-order valence-corrected chi connectivity index (χ3v) is 4.85. The number of hydrogen-bond acceptors (Lipinski definition) is 5. The summed E-state index contributed by atoms with van der Waals surface area (Å²) < 4.78 is 6.78. The molecule has 1 aromatic carbocycles. The van der Waals surface area contributed by atoms with Crippen molar-refractivity contribution in [3.63, 3.8) is 0 Å². The molecule has 25 heavy (non-hydrogen) atoms. The first-order valence-corrected chi connectivity index (χ1v) is 8.82. The Hall–Kier alpha value is -2.50. The molecule has 2 aromatic rings. The van der Waals surface area contributed by atoms with Crippen molar-refractivity contribution in [2.45, 2.75) is 46.7 Å². The third kappa shape index (κ3) is 3.48. The van der Waals surface area contributed by atoms with Gasteiger partial charge in [0.1, 0.15) is 6.54 Å². The van der Waals surface area contributed by atoms with E-state index in [1.165, 1.54) is 16.8 Å². The molecule has 3 rings (SSSR count). The predicted molar refractivity (Wildman–Crippen MR) is 98.6 cm³/mol. The zero-order chi connectivity index (χ0) is 18.0. The Labute approximate surface area is 148 Å². The molecule has 0 saturated carbocycles. The number of nitrogens with zero attached hydrogens (tertiary/aromatic N) is 3. The third-order valence-electron chi connectivity index (χ3n) is 4.85. The Kier molecular flexibility index (Phi) is 4.97. The van der Waals surface area contributed by atoms with E-state index < -0.39 is 0 Å². The number of aromatic nitrogens is 2. The molecule has 2 heterocycles. The minimum atomic E-state index is -0.254. The topological polar surface area (TPSA) is 73.4 Å². The standard InChI is InChI=1S/C19H26N4O2/c1-4-25-19(24)12-23-14(3)16(13(2)21-23)11-22-10-6-7-15-17(20)8-5-9-18(15)22/h5,8-9H,4,6-7,10-12,20H2,1-3H3. The molecule has 6 nitrogen and oxygen atoms in total. The maximum absolute atomic E-state index is 11.8. The summed E-state index contributed by atoms with van der Waals surface area (Å²) in [5.41, 5.74) is 12.6. The van der Waals surface area contributed by atoms with Crippen LogP contribution in [0.4, 0.5) is 11.4 Å². The SMILES string of the molecule is CCOC(=O)Cn1nc(C)c(CN2CCCc3c(N)cccc32)c1C. The van der Waals surface area contributed by atoms with Gasteiger partial charge in [0, 0.05) is 35.7 Å². The van der Waals surface area contributed by atoms with E-state index in [0.29, 0.717) is 6.61 Å². The van der Waals surface area contributed by atoms with Crippen molar-refractivity contribution >= 4 is 17.3 Å². The van der Waals surface area contributed by atoms with Crippen LogP contribution in [0.5, 0.6) is 0 Å². The number of anilines is 2. The van der Waals surface area contributed by atoms with Crippen molar-refractivity contribution < 1.29 is 9.53 Å². The lowest BCUT2D eigenvalue weighted by Gasteiger charge is -2.32. The molecule has 1 aliphatic heterocycles. The summed E-state index contributed by atoms with van der Waals surface area (Å²) in [6.45, 7) is 8.13. The normalized spacial score (nSPS) is 13.6. The van der Waals surface area contributed by atoms with Crippen LogP contribution >= 0.6 is 0 Å². The van der Waals surface area contributed by atoms with Gasteiger partial charge in [0.25, 0.3) is 0 Å². The number of rotatable bonds is 5. The van der Waals surface area contributed by atoms with E-state index >= 15 is 0 Å². The number of ether oxygens (including phenoxy) is 1. The van der Waals surface area contributed by atoms with Gasteiger partial charge < -0.3 is 15.4 Å². The monoisotopic (exact) mass is 342 g/mol. The number of carbonyl (C=O) groups is 1. The van der Waals surface area contributed by atoms with Crippen molar-refractivity contribution in [1.82, 2.24) is 9.78 Å². The zero-order valence-corrected chi connectivity index (χ0v) is 15.2. The molecule has 0 fully saturated rings. The Morgan fingerprint density at radius 2 is 2.16 bits per heavy atom. The van der Waals surface area contributed by atoms with E-state index in [9.17, 15) is 4.79 Å². The Morgan fingerprint density at radius 1 is 1.36 bits per heavy atom. The first-order valence-electron chi connectivity index (χ1n) is 8.82. The number of nitrogen functional groups attached to an aromatic ring is 1. The molecule has 0 unspecified atom stereocenters. The Morgan fingerprint density at radius 3 is 2.92 bits per heavy atom. The number of hydrogen-bond donors (Lipinski definition) is 1. The van der Waals surface area contributed by atoms with E-state index in [0.717, 1.165) is 43.0 Å². The maximum Gasteiger partial charge on any atom is 0.327 e. The van der Waals surface area contributed by atoms with Gasteiger partial charge in [-0.05, 0) is 51.3 Å². The van der Waals surface area contributed by atoms with Gasteiger partial charge in [0.2, 0.25) is 0 Å². The highest BCUT2D eigenvalue weighted by atomic mass is 16.5. The summed E-state index contributed by atoms with van der Waals surface area (Å²) in [4.78, 5) is 14.1. The Balaban J connectivity index is 1.84. The van der Waals surface area contributed by atoms with Crippen LogP contribution in [0, 0.1) is 13.8 Å². The molecule has 0 spiro atoms. The lowest BCUT2D eigenvalue weighted by atomic mass is 9.99. The summed E-state index contributed by atoms with van der Waals surface area (Å²) in [5, 5.41) is 4.54. The van der Waals surface area contributed by atoms with Crippen molar-refractivity contribution in [2.24, 2.45) is 0 Å². The molecule has 0 saturated heterocycles. The molecular weight excluding hydrogens is 316 g/mol. The molecule has 1 aromatic heterocycles. The fraction of sp³-hybridized carbons (Fsp3) is 0.474. The van der Waals surface area contributed by atoms with Gasteiger partial charge in [-0.2, -0.15) is 5.10 Å². The van der Waals surface area contributed by atoms with Crippen LogP contribution in [-0.2, 0) is 29.0 Å². The second-order valence-electron chi connectivity index (χ2n) is 6.48. The molecule has 1 aliphatic rings. The van der Waals surface area contributed by atoms with Crippen LogP contribution in [0.2, 0.25) is 0 Å². The van der Waals surface area contributed by atoms with Gasteiger partial charge in [0.15, 0.2) is 0 Å². The molecule has 0 bridgehead atoms. The van der Waals surface area contributed by atoms with Crippen molar-refractivity contribution in [3.05, 3.63) is 40.7 Å². The smallest absolute Gasteiger partial charge is 0.327 e. The van der Waals surface area contributed by atoms with Crippen molar-refractivity contribution in [1.29, 1.82) is 0 Å². The quantitative estimate of drug-likeness (QED) is 0.668. The minimum absolute atomic E-state index is 0.157. The number of esters is 1. The van der Waals surface area contributed by atoms with E-state index in [-0.39, 0.29) is 12.5 Å². The lowest BCUT2D eigenvalue weighted by Crippen LogP contribution is -2.29. The number of aryl methyl sites for hydroxylation is 1. The van der Waals surface area contributed by atoms with Gasteiger partial charge in [-0.25, -0.2) is 0 Å². The lowest BCUT2D eigenvalue weighted by molar-refractivity contribution is -0.144. The van der Waals surface area contributed by atoms with Gasteiger partial charge in [-0.1, -0.05) is 6.07 Å². The average molecular weight is 342 g/mol. The largest absolute Gasteiger partial charge is 0.465 e. The maximum atomic E-state index is 11.8. The van der Waals surface area contributed by atoms with Crippen LogP contribution in [-0.4, -0.2) is 28.9 Å². The van der Waals surface area contributed by atoms with Crippen LogP contribution in [0.3, 0.4) is 0 Å². The van der Waals surface area contributed by atoms with Crippen molar-refractivity contribution in [2.75, 3.05) is 23.8 Å². The first kappa shape index (κ1) is 17.3. The molecule has 134 valence electrons. The molecular formula is C19H26N4O2. The predicted octanol–water partition coefficient (Wildman–Crippen LogP) is 2.60. The van der Waals surface area contributed by atoms with Gasteiger partial charge in [0.05, 0.1) is 12.3 Å². The summed E-state index contributed by atoms with van der Waals surface area (Å²) in [6.07, 6.45) is 2.12. The van der Waals surface area contributed by atoms with Crippen LogP contribution < -0.4 is 10.6 Å². The molecule has 6 heteroatoms. The second kappa shape index (κ2) is 7.17. The summed E-state index contributed by atoms with van der Waals surface area (Å²) in [6, 6.07) is 6.12. The zero-order valence-electron chi connectivity index (χ0n) is 15.2. The molecule has 2 N–H and O–H groups in total. The highest BCUT2D eigenvalue weighted by molar-refractivity contribution is 5.69. The number of fused-ring (bicyclic) bond motifs is 1. The summed E-state index contributed by atoms with van der Waals surface area (Å²) in [7, 11) is 0. The first-order chi connectivity index (χ1) is 12.0. The molecule has 0 amide bonds. The molecule has 0 radical (unpaired) electrons.